The molecule has 0 saturated carbocycles. The van der Waals surface area contributed by atoms with Crippen LogP contribution in [0.15, 0.2) is 24.3 Å². The summed E-state index contributed by atoms with van der Waals surface area (Å²) in [6, 6.07) is 6.27. The number of ether oxygens (including phenoxy) is 2. The first kappa shape index (κ1) is 11.5. The number of hydrogen-bond donors (Lipinski definition) is 1. The molecule has 1 aliphatic rings. The molecule has 1 saturated heterocycles. The van der Waals surface area contributed by atoms with Gasteiger partial charge in [0.05, 0.1) is 18.8 Å². The number of halogens is 1. The summed E-state index contributed by atoms with van der Waals surface area (Å²) in [6.45, 7) is 1.76. The van der Waals surface area contributed by atoms with Gasteiger partial charge in [-0.3, -0.25) is 0 Å². The molecule has 2 atom stereocenters. The molecule has 0 spiro atoms. The summed E-state index contributed by atoms with van der Waals surface area (Å²) in [6.07, 6.45) is 0.837. The van der Waals surface area contributed by atoms with E-state index in [0.29, 0.717) is 13.2 Å². The fourth-order valence-corrected chi connectivity index (χ4v) is 1.80. The third-order valence-electron chi connectivity index (χ3n) is 2.70. The average Bonchev–Trinajstić information content (AvgIpc) is 2.80. The molecule has 4 heteroatoms. The summed E-state index contributed by atoms with van der Waals surface area (Å²) in [5.74, 6) is -0.247. The van der Waals surface area contributed by atoms with E-state index in [4.69, 9.17) is 15.2 Å². The summed E-state index contributed by atoms with van der Waals surface area (Å²) in [5.41, 5.74) is 6.57. The maximum absolute atomic E-state index is 12.8. The highest BCUT2D eigenvalue weighted by molar-refractivity contribution is 5.19. The molecule has 3 nitrogen and oxygen atoms in total. The molecule has 0 amide bonds. The van der Waals surface area contributed by atoms with E-state index >= 15 is 0 Å². The Morgan fingerprint density at radius 3 is 2.75 bits per heavy atom. The van der Waals surface area contributed by atoms with Gasteiger partial charge in [-0.05, 0) is 24.1 Å². The third kappa shape index (κ3) is 2.78. The maximum atomic E-state index is 12.8. The van der Waals surface area contributed by atoms with Gasteiger partial charge in [-0.1, -0.05) is 12.1 Å². The van der Waals surface area contributed by atoms with Crippen molar-refractivity contribution in [1.82, 2.24) is 0 Å². The van der Waals surface area contributed by atoms with E-state index < -0.39 is 0 Å². The molecule has 1 fully saturated rings. The zero-order chi connectivity index (χ0) is 11.4. The van der Waals surface area contributed by atoms with Crippen molar-refractivity contribution in [3.8, 4) is 0 Å². The topological polar surface area (TPSA) is 44.5 Å². The van der Waals surface area contributed by atoms with Crippen LogP contribution < -0.4 is 5.73 Å². The van der Waals surface area contributed by atoms with Gasteiger partial charge in [-0.25, -0.2) is 4.39 Å². The lowest BCUT2D eigenvalue weighted by atomic mass is 10.1. The Balaban J connectivity index is 2.00. The second-order valence-electron chi connectivity index (χ2n) is 3.90. The molecule has 2 rings (SSSR count). The van der Waals surface area contributed by atoms with Crippen LogP contribution in [0.3, 0.4) is 0 Å². The lowest BCUT2D eigenvalue weighted by Crippen LogP contribution is -2.22. The molecule has 0 bridgehead atoms. The van der Waals surface area contributed by atoms with Crippen LogP contribution in [0.4, 0.5) is 4.39 Å². The summed E-state index contributed by atoms with van der Waals surface area (Å²) in [5, 5.41) is 0. The first-order chi connectivity index (χ1) is 7.79. The van der Waals surface area contributed by atoms with Gasteiger partial charge in [0.2, 0.25) is 0 Å². The molecule has 1 aliphatic heterocycles. The summed E-state index contributed by atoms with van der Waals surface area (Å²) >= 11 is 0. The van der Waals surface area contributed by atoms with E-state index in [1.807, 2.05) is 0 Å². The highest BCUT2D eigenvalue weighted by Crippen LogP contribution is 2.21. The smallest absolute Gasteiger partial charge is 0.123 e. The second kappa shape index (κ2) is 5.39. The van der Waals surface area contributed by atoms with Crippen LogP contribution in [-0.2, 0) is 9.47 Å². The Morgan fingerprint density at radius 1 is 1.44 bits per heavy atom. The quantitative estimate of drug-likeness (QED) is 0.847. The van der Waals surface area contributed by atoms with E-state index in [-0.39, 0.29) is 18.0 Å². The monoisotopic (exact) mass is 225 g/mol. The lowest BCUT2D eigenvalue weighted by molar-refractivity contribution is -0.0125. The molecular weight excluding hydrogens is 209 g/mol. The van der Waals surface area contributed by atoms with Crippen molar-refractivity contribution in [2.45, 2.75) is 18.6 Å². The van der Waals surface area contributed by atoms with Crippen LogP contribution in [0.5, 0.6) is 0 Å². The number of benzene rings is 1. The molecule has 0 radical (unpaired) electrons. The van der Waals surface area contributed by atoms with E-state index in [2.05, 4.69) is 0 Å². The van der Waals surface area contributed by atoms with E-state index in [1.165, 1.54) is 12.1 Å². The highest BCUT2D eigenvalue weighted by atomic mass is 19.1. The molecule has 0 aromatic heterocycles. The summed E-state index contributed by atoms with van der Waals surface area (Å²) < 4.78 is 23.8. The predicted octanol–water partition coefficient (Wildman–Crippen LogP) is 1.63. The Morgan fingerprint density at radius 2 is 2.19 bits per heavy atom. The third-order valence-corrected chi connectivity index (χ3v) is 2.70. The number of hydrogen-bond acceptors (Lipinski definition) is 3. The Kier molecular flexibility index (Phi) is 3.88. The van der Waals surface area contributed by atoms with Crippen molar-refractivity contribution in [3.63, 3.8) is 0 Å². The van der Waals surface area contributed by atoms with Crippen molar-refractivity contribution < 1.29 is 13.9 Å². The molecule has 88 valence electrons. The van der Waals surface area contributed by atoms with E-state index in [9.17, 15) is 4.39 Å². The van der Waals surface area contributed by atoms with Crippen LogP contribution in [0.2, 0.25) is 0 Å². The minimum absolute atomic E-state index is 0.110. The van der Waals surface area contributed by atoms with Crippen LogP contribution in [-0.4, -0.2) is 25.9 Å². The first-order valence-electron chi connectivity index (χ1n) is 5.48. The summed E-state index contributed by atoms with van der Waals surface area (Å²) in [7, 11) is 0. The van der Waals surface area contributed by atoms with Crippen LogP contribution in [0.25, 0.3) is 0 Å². The SMILES string of the molecule is NCC(OC1CCOC1)c1ccc(F)cc1. The van der Waals surface area contributed by atoms with Gasteiger partial charge in [-0.15, -0.1) is 0 Å². The summed E-state index contributed by atoms with van der Waals surface area (Å²) in [4.78, 5) is 0. The molecule has 1 aromatic carbocycles. The average molecular weight is 225 g/mol. The zero-order valence-electron chi connectivity index (χ0n) is 9.06. The largest absolute Gasteiger partial charge is 0.379 e. The predicted molar refractivity (Wildman–Crippen MR) is 58.5 cm³/mol. The fourth-order valence-electron chi connectivity index (χ4n) is 1.80. The molecular formula is C12H16FNO2. The van der Waals surface area contributed by atoms with Crippen molar-refractivity contribution in [2.75, 3.05) is 19.8 Å². The highest BCUT2D eigenvalue weighted by Gasteiger charge is 2.21. The Hall–Kier alpha value is -0.970. The van der Waals surface area contributed by atoms with Crippen molar-refractivity contribution in [2.24, 2.45) is 5.73 Å². The van der Waals surface area contributed by atoms with Gasteiger partial charge in [0.25, 0.3) is 0 Å². The fraction of sp³-hybridized carbons (Fsp3) is 0.500. The van der Waals surface area contributed by atoms with Crippen LogP contribution in [0.1, 0.15) is 18.1 Å². The van der Waals surface area contributed by atoms with Gasteiger partial charge < -0.3 is 15.2 Å². The van der Waals surface area contributed by atoms with Crippen LogP contribution >= 0.6 is 0 Å². The molecule has 16 heavy (non-hydrogen) atoms. The molecule has 2 unspecified atom stereocenters. The van der Waals surface area contributed by atoms with Crippen molar-refractivity contribution in [3.05, 3.63) is 35.6 Å². The Bertz CT molecular complexity index is 322. The molecule has 0 aliphatic carbocycles. The minimum Gasteiger partial charge on any atom is -0.379 e. The normalized spacial score (nSPS) is 22.2. The number of nitrogens with two attached hydrogens (primary N) is 1. The molecule has 2 N–H and O–H groups in total. The van der Waals surface area contributed by atoms with Gasteiger partial charge in [0.15, 0.2) is 0 Å². The van der Waals surface area contributed by atoms with E-state index in [1.54, 1.807) is 12.1 Å². The first-order valence-corrected chi connectivity index (χ1v) is 5.48. The van der Waals surface area contributed by atoms with Crippen molar-refractivity contribution >= 4 is 0 Å². The van der Waals surface area contributed by atoms with Gasteiger partial charge in [0.1, 0.15) is 5.82 Å². The lowest BCUT2D eigenvalue weighted by Gasteiger charge is -2.20. The molecule has 1 aromatic rings. The standard InChI is InChI=1S/C12H16FNO2/c13-10-3-1-9(2-4-10)12(7-14)16-11-5-6-15-8-11/h1-4,11-12H,5-8,14H2. The second-order valence-corrected chi connectivity index (χ2v) is 3.90. The van der Waals surface area contributed by atoms with Gasteiger partial charge in [0, 0.05) is 13.2 Å². The zero-order valence-corrected chi connectivity index (χ0v) is 9.06. The molecule has 1 heterocycles. The Labute approximate surface area is 94.3 Å². The number of rotatable bonds is 4. The van der Waals surface area contributed by atoms with Gasteiger partial charge >= 0.3 is 0 Å². The van der Waals surface area contributed by atoms with Crippen LogP contribution in [0, 0.1) is 5.82 Å². The van der Waals surface area contributed by atoms with E-state index in [0.717, 1.165) is 18.6 Å². The minimum atomic E-state index is -0.247. The maximum Gasteiger partial charge on any atom is 0.123 e. The van der Waals surface area contributed by atoms with Gasteiger partial charge in [-0.2, -0.15) is 0 Å². The van der Waals surface area contributed by atoms with Crippen molar-refractivity contribution in [1.29, 1.82) is 0 Å².